The van der Waals surface area contributed by atoms with Crippen LogP contribution in [0.1, 0.15) is 46.2 Å². The van der Waals surface area contributed by atoms with Gasteiger partial charge in [-0.15, -0.1) is 11.3 Å². The maximum atomic E-state index is 9.94. The number of rotatable bonds is 0. The summed E-state index contributed by atoms with van der Waals surface area (Å²) in [5.74, 6) is 0. The van der Waals surface area contributed by atoms with Crippen LogP contribution in [0.5, 0.6) is 0 Å². The quantitative estimate of drug-likeness (QED) is 0.632. The molecule has 1 N–H and O–H groups in total. The summed E-state index contributed by atoms with van der Waals surface area (Å²) in [6, 6.07) is 0. The van der Waals surface area contributed by atoms with E-state index in [1.807, 2.05) is 11.3 Å². The van der Waals surface area contributed by atoms with Crippen molar-refractivity contribution in [2.24, 2.45) is 0 Å². The molecular weight excluding hydrogens is 180 g/mol. The highest BCUT2D eigenvalue weighted by molar-refractivity contribution is 7.12. The second-order valence-electron chi connectivity index (χ2n) is 3.87. The zero-order valence-electron chi connectivity index (χ0n) is 8.26. The van der Waals surface area contributed by atoms with Crippen molar-refractivity contribution in [2.45, 2.75) is 45.6 Å². The number of aryl methyl sites for hydroxylation is 2. The Morgan fingerprint density at radius 1 is 1.23 bits per heavy atom. The number of fused-ring (bicyclic) bond motifs is 1. The van der Waals surface area contributed by atoms with Gasteiger partial charge in [0.1, 0.15) is 0 Å². The van der Waals surface area contributed by atoms with Gasteiger partial charge in [0.05, 0.1) is 6.10 Å². The molecule has 72 valence electrons. The van der Waals surface area contributed by atoms with E-state index in [0.717, 1.165) is 6.42 Å². The van der Waals surface area contributed by atoms with Gasteiger partial charge in [-0.3, -0.25) is 0 Å². The van der Waals surface area contributed by atoms with Gasteiger partial charge in [0, 0.05) is 9.75 Å². The fourth-order valence-corrected chi connectivity index (χ4v) is 3.44. The third kappa shape index (κ3) is 1.53. The van der Waals surface area contributed by atoms with Crippen LogP contribution in [-0.4, -0.2) is 5.11 Å². The molecule has 0 radical (unpaired) electrons. The Balaban J connectivity index is 2.50. The van der Waals surface area contributed by atoms with E-state index in [4.69, 9.17) is 0 Å². The second-order valence-corrected chi connectivity index (χ2v) is 5.30. The molecule has 13 heavy (non-hydrogen) atoms. The van der Waals surface area contributed by atoms with Crippen molar-refractivity contribution in [1.29, 1.82) is 0 Å². The van der Waals surface area contributed by atoms with Gasteiger partial charge < -0.3 is 5.11 Å². The number of hydrogen-bond donors (Lipinski definition) is 1. The molecule has 2 heteroatoms. The molecule has 1 unspecified atom stereocenters. The molecule has 1 aliphatic rings. The molecule has 0 spiro atoms. The minimum atomic E-state index is -0.192. The summed E-state index contributed by atoms with van der Waals surface area (Å²) in [5.41, 5.74) is 2.69. The van der Waals surface area contributed by atoms with Gasteiger partial charge in [0.15, 0.2) is 0 Å². The van der Waals surface area contributed by atoms with Crippen LogP contribution in [-0.2, 0) is 6.42 Å². The fraction of sp³-hybridized carbons (Fsp3) is 0.636. The summed E-state index contributed by atoms with van der Waals surface area (Å²) in [4.78, 5) is 2.73. The zero-order chi connectivity index (χ0) is 9.42. The molecular formula is C11H16OS. The Hall–Kier alpha value is -0.340. The predicted molar refractivity (Wildman–Crippen MR) is 56.3 cm³/mol. The highest BCUT2D eigenvalue weighted by atomic mass is 32.1. The standard InChI is InChI=1S/C11H16OS/c1-7-9-5-3-4-6-10(12)11(9)8(2)13-7/h10,12H,3-6H2,1-2H3. The van der Waals surface area contributed by atoms with Gasteiger partial charge in [0.25, 0.3) is 0 Å². The van der Waals surface area contributed by atoms with Gasteiger partial charge in [-0.2, -0.15) is 0 Å². The van der Waals surface area contributed by atoms with Crippen molar-refractivity contribution in [3.63, 3.8) is 0 Å². The molecule has 0 fully saturated rings. The maximum Gasteiger partial charge on any atom is 0.0803 e. The van der Waals surface area contributed by atoms with E-state index in [1.54, 1.807) is 0 Å². The van der Waals surface area contributed by atoms with Gasteiger partial charge in [-0.05, 0) is 44.2 Å². The van der Waals surface area contributed by atoms with Crippen molar-refractivity contribution in [3.05, 3.63) is 20.9 Å². The van der Waals surface area contributed by atoms with E-state index in [9.17, 15) is 5.11 Å². The fourth-order valence-electron chi connectivity index (χ4n) is 2.28. The predicted octanol–water partition coefficient (Wildman–Crippen LogP) is 3.12. The van der Waals surface area contributed by atoms with Crippen molar-refractivity contribution in [2.75, 3.05) is 0 Å². The second kappa shape index (κ2) is 3.43. The van der Waals surface area contributed by atoms with E-state index in [-0.39, 0.29) is 6.10 Å². The third-order valence-corrected chi connectivity index (χ3v) is 4.00. The van der Waals surface area contributed by atoms with Crippen molar-refractivity contribution >= 4 is 11.3 Å². The largest absolute Gasteiger partial charge is 0.388 e. The molecule has 1 aliphatic carbocycles. The normalized spacial score (nSPS) is 22.5. The van der Waals surface area contributed by atoms with Gasteiger partial charge in [-0.1, -0.05) is 6.42 Å². The van der Waals surface area contributed by atoms with Crippen molar-refractivity contribution < 1.29 is 5.11 Å². The molecule has 0 saturated heterocycles. The lowest BCUT2D eigenvalue weighted by molar-refractivity contribution is 0.166. The zero-order valence-corrected chi connectivity index (χ0v) is 9.08. The summed E-state index contributed by atoms with van der Waals surface area (Å²) in [6.45, 7) is 4.31. The lowest BCUT2D eigenvalue weighted by Gasteiger charge is -2.08. The smallest absolute Gasteiger partial charge is 0.0803 e. The van der Waals surface area contributed by atoms with Crippen LogP contribution in [0, 0.1) is 13.8 Å². The molecule has 2 rings (SSSR count). The first-order valence-electron chi connectivity index (χ1n) is 4.97. The molecule has 1 nitrogen and oxygen atoms in total. The minimum Gasteiger partial charge on any atom is -0.388 e. The summed E-state index contributed by atoms with van der Waals surface area (Å²) >= 11 is 1.84. The lowest BCUT2D eigenvalue weighted by atomic mass is 10.0. The Morgan fingerprint density at radius 3 is 2.77 bits per heavy atom. The average Bonchev–Trinajstić information content (AvgIpc) is 2.28. The lowest BCUT2D eigenvalue weighted by Crippen LogP contribution is -1.97. The van der Waals surface area contributed by atoms with Crippen LogP contribution in [0.4, 0.5) is 0 Å². The topological polar surface area (TPSA) is 20.2 Å². The van der Waals surface area contributed by atoms with E-state index < -0.39 is 0 Å². The first kappa shape index (κ1) is 9.22. The van der Waals surface area contributed by atoms with Crippen LogP contribution < -0.4 is 0 Å². The van der Waals surface area contributed by atoms with Crippen molar-refractivity contribution in [1.82, 2.24) is 0 Å². The van der Waals surface area contributed by atoms with E-state index in [1.165, 1.54) is 40.1 Å². The third-order valence-electron chi connectivity index (χ3n) is 2.92. The highest BCUT2D eigenvalue weighted by Gasteiger charge is 2.21. The molecule has 0 aromatic carbocycles. The average molecular weight is 196 g/mol. The Kier molecular flexibility index (Phi) is 2.43. The first-order valence-corrected chi connectivity index (χ1v) is 5.78. The molecule has 0 amide bonds. The highest BCUT2D eigenvalue weighted by Crippen LogP contribution is 2.37. The number of hydrogen-bond acceptors (Lipinski definition) is 2. The van der Waals surface area contributed by atoms with E-state index in [2.05, 4.69) is 13.8 Å². The molecule has 0 aliphatic heterocycles. The maximum absolute atomic E-state index is 9.94. The van der Waals surface area contributed by atoms with Gasteiger partial charge in [0.2, 0.25) is 0 Å². The number of aliphatic hydroxyl groups excluding tert-OH is 1. The first-order chi connectivity index (χ1) is 6.20. The Bertz CT molecular complexity index is 314. The van der Waals surface area contributed by atoms with Gasteiger partial charge >= 0.3 is 0 Å². The summed E-state index contributed by atoms with van der Waals surface area (Å²) < 4.78 is 0. The Labute approximate surface area is 83.4 Å². The number of thiophene rings is 1. The molecule has 0 bridgehead atoms. The van der Waals surface area contributed by atoms with Crippen LogP contribution in [0.3, 0.4) is 0 Å². The number of aliphatic hydroxyl groups is 1. The van der Waals surface area contributed by atoms with E-state index in [0.29, 0.717) is 0 Å². The minimum absolute atomic E-state index is 0.192. The molecule has 1 aromatic heterocycles. The van der Waals surface area contributed by atoms with Crippen molar-refractivity contribution in [3.8, 4) is 0 Å². The van der Waals surface area contributed by atoms with E-state index >= 15 is 0 Å². The summed E-state index contributed by atoms with van der Waals surface area (Å²) in [5, 5.41) is 9.94. The monoisotopic (exact) mass is 196 g/mol. The molecule has 1 aromatic rings. The molecule has 1 heterocycles. The summed E-state index contributed by atoms with van der Waals surface area (Å²) in [6.07, 6.45) is 4.33. The Morgan fingerprint density at radius 2 is 2.00 bits per heavy atom. The SMILES string of the molecule is Cc1sc(C)c2c1CCCCC2O. The molecule has 1 atom stereocenters. The van der Waals surface area contributed by atoms with Crippen LogP contribution in [0.2, 0.25) is 0 Å². The van der Waals surface area contributed by atoms with Crippen LogP contribution >= 0.6 is 11.3 Å². The van der Waals surface area contributed by atoms with Gasteiger partial charge in [-0.25, -0.2) is 0 Å². The van der Waals surface area contributed by atoms with Crippen LogP contribution in [0.15, 0.2) is 0 Å². The van der Waals surface area contributed by atoms with Crippen LogP contribution in [0.25, 0.3) is 0 Å². The summed E-state index contributed by atoms with van der Waals surface area (Å²) in [7, 11) is 0. The molecule has 0 saturated carbocycles.